The van der Waals surface area contributed by atoms with Gasteiger partial charge in [-0.2, -0.15) is 0 Å². The minimum absolute atomic E-state index is 0.0701. The number of hydrogen-bond acceptors (Lipinski definition) is 3. The molecule has 0 saturated heterocycles. The summed E-state index contributed by atoms with van der Waals surface area (Å²) in [6.07, 6.45) is -0.424. The second kappa shape index (κ2) is 11.5. The van der Waals surface area contributed by atoms with Crippen molar-refractivity contribution < 1.29 is 9.53 Å². The minimum Gasteiger partial charge on any atom is -0.455 e. The first-order valence-corrected chi connectivity index (χ1v) is 12.0. The number of carbonyl (C=O) groups is 1. The van der Waals surface area contributed by atoms with Crippen LogP contribution < -0.4 is 0 Å². The number of esters is 1. The first-order valence-electron chi connectivity index (χ1n) is 11.5. The molecule has 0 aliphatic carbocycles. The van der Waals surface area contributed by atoms with E-state index in [4.69, 9.17) is 16.3 Å². The zero-order valence-corrected chi connectivity index (χ0v) is 21.0. The third-order valence-electron chi connectivity index (χ3n) is 6.35. The number of carbonyl (C=O) groups excluding carboxylic acids is 1. The Balaban J connectivity index is 2.02. The normalized spacial score (nSPS) is 13.1. The molecule has 3 nitrogen and oxygen atoms in total. The van der Waals surface area contributed by atoms with Gasteiger partial charge in [-0.15, -0.1) is 11.6 Å². The Morgan fingerprint density at radius 3 is 2.09 bits per heavy atom. The number of nitrogens with zero attached hydrogens (tertiary/aromatic N) is 1. The zero-order valence-electron chi connectivity index (χ0n) is 20.3. The fraction of sp³-hybridized carbons (Fsp3) is 0.345. The van der Waals surface area contributed by atoms with E-state index in [0.29, 0.717) is 0 Å². The Morgan fingerprint density at radius 1 is 0.879 bits per heavy atom. The van der Waals surface area contributed by atoms with Gasteiger partial charge in [-0.3, -0.25) is 9.69 Å². The minimum atomic E-state index is -0.424. The van der Waals surface area contributed by atoms with E-state index in [-0.39, 0.29) is 11.9 Å². The molecule has 0 fully saturated rings. The van der Waals surface area contributed by atoms with Crippen LogP contribution >= 0.6 is 11.6 Å². The van der Waals surface area contributed by atoms with E-state index in [1.165, 1.54) is 33.4 Å². The molecule has 0 unspecified atom stereocenters. The molecule has 3 aromatic rings. The van der Waals surface area contributed by atoms with Crippen LogP contribution in [0.15, 0.2) is 66.7 Å². The van der Waals surface area contributed by atoms with Gasteiger partial charge in [0.15, 0.2) is 0 Å². The monoisotopic (exact) mass is 463 g/mol. The van der Waals surface area contributed by atoms with Gasteiger partial charge in [-0.1, -0.05) is 72.3 Å². The Morgan fingerprint density at radius 2 is 1.48 bits per heavy atom. The summed E-state index contributed by atoms with van der Waals surface area (Å²) in [6.45, 7) is 12.3. The largest absolute Gasteiger partial charge is 0.455 e. The molecule has 174 valence electrons. The SMILES string of the molecule is Cc1cc(C)c(CN(Cc2ccccc2C)[C@H](C)[C@@H](OC(=O)CCl)c2ccccc2)c(C)c1. The number of benzene rings is 3. The van der Waals surface area contributed by atoms with Crippen molar-refractivity contribution >= 4 is 17.6 Å². The number of alkyl halides is 1. The van der Waals surface area contributed by atoms with Crippen LogP contribution in [-0.4, -0.2) is 22.8 Å². The van der Waals surface area contributed by atoms with E-state index in [0.717, 1.165) is 18.7 Å². The van der Waals surface area contributed by atoms with E-state index >= 15 is 0 Å². The summed E-state index contributed by atoms with van der Waals surface area (Å²) < 4.78 is 5.90. The first-order chi connectivity index (χ1) is 15.8. The van der Waals surface area contributed by atoms with Gasteiger partial charge < -0.3 is 4.74 Å². The number of aryl methyl sites for hydroxylation is 4. The lowest BCUT2D eigenvalue weighted by atomic mass is 9.96. The van der Waals surface area contributed by atoms with Crippen molar-refractivity contribution in [3.05, 3.63) is 106 Å². The molecule has 33 heavy (non-hydrogen) atoms. The Kier molecular flexibility index (Phi) is 8.71. The maximum absolute atomic E-state index is 12.3. The van der Waals surface area contributed by atoms with Gasteiger partial charge in [0.1, 0.15) is 12.0 Å². The van der Waals surface area contributed by atoms with Crippen LogP contribution in [0.3, 0.4) is 0 Å². The number of rotatable bonds is 9. The van der Waals surface area contributed by atoms with Gasteiger partial charge in [0.2, 0.25) is 0 Å². The van der Waals surface area contributed by atoms with Crippen molar-refractivity contribution in [2.24, 2.45) is 0 Å². The average Bonchev–Trinajstić information content (AvgIpc) is 2.80. The van der Waals surface area contributed by atoms with Crippen LogP contribution in [0.4, 0.5) is 0 Å². The van der Waals surface area contributed by atoms with Gasteiger partial charge >= 0.3 is 5.97 Å². The fourth-order valence-corrected chi connectivity index (χ4v) is 4.53. The second-order valence-corrected chi connectivity index (χ2v) is 9.17. The van der Waals surface area contributed by atoms with Crippen molar-refractivity contribution in [2.75, 3.05) is 5.88 Å². The second-order valence-electron chi connectivity index (χ2n) is 8.90. The lowest BCUT2D eigenvalue weighted by molar-refractivity contribution is -0.150. The van der Waals surface area contributed by atoms with Crippen LogP contribution in [0.2, 0.25) is 0 Å². The molecule has 0 saturated carbocycles. The summed E-state index contributed by atoms with van der Waals surface area (Å²) in [5.74, 6) is -0.569. The number of hydrogen-bond donors (Lipinski definition) is 0. The van der Waals surface area contributed by atoms with E-state index in [9.17, 15) is 4.79 Å². The highest BCUT2D eigenvalue weighted by atomic mass is 35.5. The van der Waals surface area contributed by atoms with Gasteiger partial charge in [0.05, 0.1) is 0 Å². The van der Waals surface area contributed by atoms with Crippen molar-refractivity contribution in [2.45, 2.75) is 59.9 Å². The molecule has 0 aliphatic rings. The van der Waals surface area contributed by atoms with Crippen LogP contribution in [0.5, 0.6) is 0 Å². The third-order valence-corrected chi connectivity index (χ3v) is 6.56. The van der Waals surface area contributed by atoms with E-state index < -0.39 is 12.1 Å². The quantitative estimate of drug-likeness (QED) is 0.257. The van der Waals surface area contributed by atoms with Crippen LogP contribution in [-0.2, 0) is 22.6 Å². The van der Waals surface area contributed by atoms with Crippen molar-refractivity contribution in [3.63, 3.8) is 0 Å². The predicted molar refractivity (Wildman–Crippen MR) is 137 cm³/mol. The van der Waals surface area contributed by atoms with Gasteiger partial charge in [0, 0.05) is 19.1 Å². The summed E-state index contributed by atoms with van der Waals surface area (Å²) in [5, 5.41) is 0. The van der Waals surface area contributed by atoms with Gasteiger partial charge in [0.25, 0.3) is 0 Å². The molecule has 0 aliphatic heterocycles. The van der Waals surface area contributed by atoms with E-state index in [1.54, 1.807) is 0 Å². The van der Waals surface area contributed by atoms with Crippen LogP contribution in [0, 0.1) is 27.7 Å². The maximum atomic E-state index is 12.3. The molecule has 0 amide bonds. The Bertz CT molecular complexity index is 1060. The molecular weight excluding hydrogens is 430 g/mol. The van der Waals surface area contributed by atoms with Crippen LogP contribution in [0.25, 0.3) is 0 Å². The highest BCUT2D eigenvalue weighted by Gasteiger charge is 2.29. The highest BCUT2D eigenvalue weighted by molar-refractivity contribution is 6.26. The topological polar surface area (TPSA) is 29.5 Å². The Hall–Kier alpha value is -2.62. The molecule has 4 heteroatoms. The molecule has 0 aromatic heterocycles. The smallest absolute Gasteiger partial charge is 0.321 e. The van der Waals surface area contributed by atoms with Gasteiger partial charge in [-0.25, -0.2) is 0 Å². The Labute approximate surface area is 203 Å². The third kappa shape index (κ3) is 6.46. The standard InChI is InChI=1S/C29H34ClNO2/c1-20-15-22(3)27(23(4)16-20)19-31(18-26-14-10-9-11-21(26)2)24(5)29(33-28(32)17-30)25-12-7-6-8-13-25/h6-16,24,29H,17-19H2,1-5H3/t24-,29-/m1/s1. The van der Waals surface area contributed by atoms with Crippen molar-refractivity contribution in [1.82, 2.24) is 4.90 Å². The molecular formula is C29H34ClNO2. The predicted octanol–water partition coefficient (Wildman–Crippen LogP) is 6.83. The summed E-state index contributed by atoms with van der Waals surface area (Å²) >= 11 is 5.82. The molecule has 3 rings (SSSR count). The maximum Gasteiger partial charge on any atom is 0.321 e. The van der Waals surface area contributed by atoms with Crippen LogP contribution in [0.1, 0.15) is 52.0 Å². The van der Waals surface area contributed by atoms with E-state index in [1.807, 2.05) is 30.3 Å². The first kappa shape index (κ1) is 25.0. The van der Waals surface area contributed by atoms with Gasteiger partial charge in [-0.05, 0) is 68.0 Å². The number of ether oxygens (including phenoxy) is 1. The lowest BCUT2D eigenvalue weighted by Gasteiger charge is -2.36. The van der Waals surface area contributed by atoms with E-state index in [2.05, 4.69) is 75.9 Å². The molecule has 0 N–H and O–H groups in total. The molecule has 2 atom stereocenters. The van der Waals surface area contributed by atoms with Crippen molar-refractivity contribution in [1.29, 1.82) is 0 Å². The summed E-state index contributed by atoms with van der Waals surface area (Å²) in [7, 11) is 0. The lowest BCUT2D eigenvalue weighted by Crippen LogP contribution is -2.39. The zero-order chi connectivity index (χ0) is 24.0. The molecule has 3 aromatic carbocycles. The molecule has 0 heterocycles. The summed E-state index contributed by atoms with van der Waals surface area (Å²) in [4.78, 5) is 14.7. The molecule has 0 spiro atoms. The van der Waals surface area contributed by atoms with Crippen molar-refractivity contribution in [3.8, 4) is 0 Å². The summed E-state index contributed by atoms with van der Waals surface area (Å²) in [5.41, 5.74) is 8.63. The summed E-state index contributed by atoms with van der Waals surface area (Å²) in [6, 6.07) is 22.8. The fourth-order valence-electron chi connectivity index (χ4n) is 4.46. The highest BCUT2D eigenvalue weighted by Crippen LogP contribution is 2.30. The molecule has 0 radical (unpaired) electrons. The molecule has 0 bridgehead atoms. The number of halogens is 1. The average molecular weight is 464 g/mol.